The van der Waals surface area contributed by atoms with Gasteiger partial charge in [-0.1, -0.05) is 11.6 Å². The fourth-order valence-electron chi connectivity index (χ4n) is 2.65. The Balaban J connectivity index is 1.92. The number of anilines is 2. The first kappa shape index (κ1) is 18.7. The minimum Gasteiger partial charge on any atom is -0.308 e. The van der Waals surface area contributed by atoms with Gasteiger partial charge in [0.05, 0.1) is 16.1 Å². The van der Waals surface area contributed by atoms with Crippen molar-refractivity contribution in [3.8, 4) is 0 Å². The summed E-state index contributed by atoms with van der Waals surface area (Å²) >= 11 is 5.94. The van der Waals surface area contributed by atoms with Crippen LogP contribution in [-0.4, -0.2) is 16.8 Å². The number of hydrogen-bond acceptors (Lipinski definition) is 3. The van der Waals surface area contributed by atoms with Gasteiger partial charge in [-0.05, 0) is 50.2 Å². The standard InChI is InChI=1S/C19H14ClF2N3O2/c1-9-7-16(17-14(21)5-6-15(22)18(17)23-9)25-19(27)24-11-3-4-13(20)12(8-11)10(2)26/h3-8H,1-2H3,(H2,23,24,25,27). The Morgan fingerprint density at radius 3 is 2.44 bits per heavy atom. The molecule has 0 unspecified atom stereocenters. The number of ketones is 1. The number of carbonyl (C=O) groups is 2. The van der Waals surface area contributed by atoms with Gasteiger partial charge in [0.25, 0.3) is 0 Å². The molecule has 0 radical (unpaired) electrons. The number of urea groups is 1. The summed E-state index contributed by atoms with van der Waals surface area (Å²) in [4.78, 5) is 27.9. The van der Waals surface area contributed by atoms with E-state index in [1.165, 1.54) is 31.2 Å². The van der Waals surface area contributed by atoms with Crippen molar-refractivity contribution in [1.82, 2.24) is 4.98 Å². The van der Waals surface area contributed by atoms with E-state index in [2.05, 4.69) is 15.6 Å². The Kier molecular flexibility index (Phi) is 5.05. The molecule has 3 rings (SSSR count). The van der Waals surface area contributed by atoms with Gasteiger partial charge in [0.1, 0.15) is 17.2 Å². The van der Waals surface area contributed by atoms with E-state index < -0.39 is 17.7 Å². The molecule has 0 fully saturated rings. The van der Waals surface area contributed by atoms with Crippen LogP contribution in [0.5, 0.6) is 0 Å². The molecule has 0 atom stereocenters. The Morgan fingerprint density at radius 2 is 1.74 bits per heavy atom. The van der Waals surface area contributed by atoms with Crippen molar-refractivity contribution in [3.05, 3.63) is 64.3 Å². The number of aromatic nitrogens is 1. The summed E-state index contributed by atoms with van der Waals surface area (Å²) in [5.41, 5.74) is 0.896. The summed E-state index contributed by atoms with van der Waals surface area (Å²) in [7, 11) is 0. The first-order valence-corrected chi connectivity index (χ1v) is 8.28. The zero-order valence-corrected chi connectivity index (χ0v) is 15.1. The second kappa shape index (κ2) is 7.28. The first-order chi connectivity index (χ1) is 12.8. The van der Waals surface area contributed by atoms with Crippen LogP contribution in [0.25, 0.3) is 10.9 Å². The van der Waals surface area contributed by atoms with Crippen molar-refractivity contribution in [2.75, 3.05) is 10.6 Å². The lowest BCUT2D eigenvalue weighted by atomic mass is 10.1. The average Bonchev–Trinajstić information content (AvgIpc) is 2.59. The number of amides is 2. The molecule has 0 bridgehead atoms. The third-order valence-corrected chi connectivity index (χ3v) is 4.17. The molecule has 8 heteroatoms. The molecule has 2 amide bonds. The number of nitrogens with zero attached hydrogens (tertiary/aromatic N) is 1. The number of pyridine rings is 1. The molecular weight excluding hydrogens is 376 g/mol. The second-order valence-corrected chi connectivity index (χ2v) is 6.30. The fourth-order valence-corrected chi connectivity index (χ4v) is 2.90. The van der Waals surface area contributed by atoms with Crippen molar-refractivity contribution >= 4 is 45.7 Å². The molecule has 0 saturated heterocycles. The van der Waals surface area contributed by atoms with Crippen LogP contribution in [0.4, 0.5) is 25.0 Å². The number of Topliss-reactive ketones (excluding diaryl/α,β-unsaturated/α-hetero) is 1. The zero-order chi connectivity index (χ0) is 19.7. The molecular formula is C19H14ClF2N3O2. The maximum Gasteiger partial charge on any atom is 0.323 e. The van der Waals surface area contributed by atoms with Crippen molar-refractivity contribution in [3.63, 3.8) is 0 Å². The Hall–Kier alpha value is -3.06. The van der Waals surface area contributed by atoms with Crippen LogP contribution in [0.2, 0.25) is 5.02 Å². The van der Waals surface area contributed by atoms with E-state index in [0.717, 1.165) is 12.1 Å². The number of rotatable bonds is 3. The maximum atomic E-state index is 14.2. The van der Waals surface area contributed by atoms with E-state index in [0.29, 0.717) is 11.4 Å². The van der Waals surface area contributed by atoms with Gasteiger partial charge in [0.2, 0.25) is 0 Å². The van der Waals surface area contributed by atoms with Crippen LogP contribution in [-0.2, 0) is 0 Å². The molecule has 0 spiro atoms. The lowest BCUT2D eigenvalue weighted by molar-refractivity contribution is 0.101. The van der Waals surface area contributed by atoms with Gasteiger partial charge in [0, 0.05) is 16.9 Å². The summed E-state index contributed by atoms with van der Waals surface area (Å²) < 4.78 is 28.2. The minimum atomic E-state index is -0.709. The number of halogens is 3. The van der Waals surface area contributed by atoms with Gasteiger partial charge in [-0.3, -0.25) is 4.79 Å². The van der Waals surface area contributed by atoms with Crippen LogP contribution in [0, 0.1) is 18.6 Å². The minimum absolute atomic E-state index is 0.0766. The number of fused-ring (bicyclic) bond motifs is 1. The van der Waals surface area contributed by atoms with Crippen molar-refractivity contribution in [2.45, 2.75) is 13.8 Å². The quantitative estimate of drug-likeness (QED) is 0.595. The molecule has 1 heterocycles. The van der Waals surface area contributed by atoms with E-state index in [1.54, 1.807) is 6.92 Å². The third-order valence-electron chi connectivity index (χ3n) is 3.84. The predicted octanol–water partition coefficient (Wildman–Crippen LogP) is 5.32. The molecule has 3 aromatic rings. The SMILES string of the molecule is CC(=O)c1cc(NC(=O)Nc2cc(C)nc3c(F)ccc(F)c23)ccc1Cl. The molecule has 27 heavy (non-hydrogen) atoms. The molecule has 5 nitrogen and oxygen atoms in total. The lowest BCUT2D eigenvalue weighted by Gasteiger charge is -2.12. The van der Waals surface area contributed by atoms with E-state index in [1.807, 2.05) is 0 Å². The number of nitrogens with one attached hydrogen (secondary N) is 2. The van der Waals surface area contributed by atoms with Crippen molar-refractivity contribution in [1.29, 1.82) is 0 Å². The first-order valence-electron chi connectivity index (χ1n) is 7.90. The summed E-state index contributed by atoms with van der Waals surface area (Å²) in [5, 5.41) is 5.16. The van der Waals surface area contributed by atoms with E-state index in [9.17, 15) is 18.4 Å². The molecule has 2 N–H and O–H groups in total. The largest absolute Gasteiger partial charge is 0.323 e. The highest BCUT2D eigenvalue weighted by Gasteiger charge is 2.15. The molecule has 2 aromatic carbocycles. The van der Waals surface area contributed by atoms with Gasteiger partial charge in [0.15, 0.2) is 5.78 Å². The number of aryl methyl sites for hydroxylation is 1. The highest BCUT2D eigenvalue weighted by molar-refractivity contribution is 6.34. The zero-order valence-electron chi connectivity index (χ0n) is 14.4. The van der Waals surface area contributed by atoms with Gasteiger partial charge in [-0.2, -0.15) is 0 Å². The molecule has 1 aromatic heterocycles. The summed E-state index contributed by atoms with van der Waals surface area (Å²) in [5.74, 6) is -1.65. The van der Waals surface area contributed by atoms with Crippen LogP contribution < -0.4 is 10.6 Å². The topological polar surface area (TPSA) is 71.1 Å². The maximum absolute atomic E-state index is 14.2. The number of carbonyl (C=O) groups excluding carboxylic acids is 2. The van der Waals surface area contributed by atoms with Crippen LogP contribution in [0.15, 0.2) is 36.4 Å². The highest BCUT2D eigenvalue weighted by atomic mass is 35.5. The molecule has 138 valence electrons. The molecule has 0 saturated carbocycles. The second-order valence-electron chi connectivity index (χ2n) is 5.89. The fraction of sp³-hybridized carbons (Fsp3) is 0.105. The van der Waals surface area contributed by atoms with Crippen LogP contribution in [0.1, 0.15) is 23.0 Å². The van der Waals surface area contributed by atoms with Gasteiger partial charge < -0.3 is 10.6 Å². The number of benzene rings is 2. The summed E-state index contributed by atoms with van der Waals surface area (Å²) in [6.45, 7) is 2.96. The van der Waals surface area contributed by atoms with Crippen molar-refractivity contribution < 1.29 is 18.4 Å². The lowest BCUT2D eigenvalue weighted by Crippen LogP contribution is -2.20. The van der Waals surface area contributed by atoms with E-state index >= 15 is 0 Å². The molecule has 0 aliphatic heterocycles. The average molecular weight is 390 g/mol. The van der Waals surface area contributed by atoms with Crippen LogP contribution in [0.3, 0.4) is 0 Å². The van der Waals surface area contributed by atoms with E-state index in [4.69, 9.17) is 11.6 Å². The monoisotopic (exact) mass is 389 g/mol. The number of hydrogen-bond donors (Lipinski definition) is 2. The van der Waals surface area contributed by atoms with Crippen molar-refractivity contribution in [2.24, 2.45) is 0 Å². The Labute approximate surface area is 158 Å². The van der Waals surface area contributed by atoms with Gasteiger partial charge >= 0.3 is 6.03 Å². The molecule has 0 aliphatic rings. The Bertz CT molecular complexity index is 1090. The van der Waals surface area contributed by atoms with Crippen LogP contribution >= 0.6 is 11.6 Å². The summed E-state index contributed by atoms with van der Waals surface area (Å²) in [6.07, 6.45) is 0. The summed E-state index contributed by atoms with van der Waals surface area (Å²) in [6, 6.07) is 7.12. The van der Waals surface area contributed by atoms with Gasteiger partial charge in [-0.15, -0.1) is 0 Å². The molecule has 0 aliphatic carbocycles. The Morgan fingerprint density at radius 1 is 1.04 bits per heavy atom. The normalized spacial score (nSPS) is 10.7. The third kappa shape index (κ3) is 3.88. The predicted molar refractivity (Wildman–Crippen MR) is 100 cm³/mol. The van der Waals surface area contributed by atoms with Gasteiger partial charge in [-0.25, -0.2) is 18.6 Å². The smallest absolute Gasteiger partial charge is 0.308 e. The highest BCUT2D eigenvalue weighted by Crippen LogP contribution is 2.28. The van der Waals surface area contributed by atoms with E-state index in [-0.39, 0.29) is 33.0 Å².